The zero-order chi connectivity index (χ0) is 13.7. The van der Waals surface area contributed by atoms with E-state index in [4.69, 9.17) is 4.74 Å². The standard InChI is InChI=1S/C15H22N2O2/c1-11(16-10-15(18)17-13-5-6-13)9-12-3-7-14(19-2)8-4-12/h3-4,7-8,11,13,16H,5-6,9-10H2,1-2H3,(H,17,18). The van der Waals surface area contributed by atoms with Gasteiger partial charge in [0.05, 0.1) is 13.7 Å². The highest BCUT2D eigenvalue weighted by Crippen LogP contribution is 2.18. The van der Waals surface area contributed by atoms with Crippen molar-refractivity contribution in [1.29, 1.82) is 0 Å². The molecule has 0 spiro atoms. The number of rotatable bonds is 7. The number of amides is 1. The number of methoxy groups -OCH3 is 1. The summed E-state index contributed by atoms with van der Waals surface area (Å²) in [5, 5.41) is 6.22. The maximum absolute atomic E-state index is 11.5. The fraction of sp³-hybridized carbons (Fsp3) is 0.533. The quantitative estimate of drug-likeness (QED) is 0.783. The van der Waals surface area contributed by atoms with Gasteiger partial charge in [-0.15, -0.1) is 0 Å². The van der Waals surface area contributed by atoms with Crippen LogP contribution in [0.2, 0.25) is 0 Å². The first-order valence-electron chi connectivity index (χ1n) is 6.83. The lowest BCUT2D eigenvalue weighted by Gasteiger charge is -2.14. The molecule has 104 valence electrons. The van der Waals surface area contributed by atoms with Crippen LogP contribution in [0.4, 0.5) is 0 Å². The first kappa shape index (κ1) is 13.9. The van der Waals surface area contributed by atoms with Crippen LogP contribution in [0.1, 0.15) is 25.3 Å². The highest BCUT2D eigenvalue weighted by Gasteiger charge is 2.22. The van der Waals surface area contributed by atoms with Crippen molar-refractivity contribution in [2.75, 3.05) is 13.7 Å². The van der Waals surface area contributed by atoms with E-state index in [1.165, 1.54) is 5.56 Å². The molecule has 1 aromatic rings. The summed E-state index contributed by atoms with van der Waals surface area (Å²) in [6.45, 7) is 2.49. The first-order valence-corrected chi connectivity index (χ1v) is 6.83. The molecule has 4 nitrogen and oxygen atoms in total. The Morgan fingerprint density at radius 2 is 2.05 bits per heavy atom. The molecule has 4 heteroatoms. The van der Waals surface area contributed by atoms with E-state index in [-0.39, 0.29) is 11.9 Å². The van der Waals surface area contributed by atoms with Crippen molar-refractivity contribution in [3.8, 4) is 5.75 Å². The van der Waals surface area contributed by atoms with Gasteiger partial charge in [-0.3, -0.25) is 4.79 Å². The third-order valence-electron chi connectivity index (χ3n) is 3.25. The molecule has 1 unspecified atom stereocenters. The second-order valence-corrected chi connectivity index (χ2v) is 5.18. The number of carbonyl (C=O) groups excluding carboxylic acids is 1. The van der Waals surface area contributed by atoms with Crippen LogP contribution in [0.15, 0.2) is 24.3 Å². The summed E-state index contributed by atoms with van der Waals surface area (Å²) in [6, 6.07) is 8.75. The van der Waals surface area contributed by atoms with Crippen LogP contribution >= 0.6 is 0 Å². The Bertz CT molecular complexity index is 413. The Hall–Kier alpha value is -1.55. The molecule has 0 aliphatic heterocycles. The zero-order valence-electron chi connectivity index (χ0n) is 11.6. The summed E-state index contributed by atoms with van der Waals surface area (Å²) in [5.74, 6) is 0.970. The average molecular weight is 262 g/mol. The molecule has 2 rings (SSSR count). The van der Waals surface area contributed by atoms with Crippen LogP contribution in [0, 0.1) is 0 Å². The predicted octanol–water partition coefficient (Wildman–Crippen LogP) is 1.49. The van der Waals surface area contributed by atoms with Gasteiger partial charge in [0.1, 0.15) is 5.75 Å². The molecule has 0 heterocycles. The molecule has 1 saturated carbocycles. The van der Waals surface area contributed by atoms with E-state index in [1.807, 2.05) is 12.1 Å². The summed E-state index contributed by atoms with van der Waals surface area (Å²) < 4.78 is 5.13. The Labute approximate surface area is 114 Å². The largest absolute Gasteiger partial charge is 0.497 e. The lowest BCUT2D eigenvalue weighted by molar-refractivity contribution is -0.120. The maximum Gasteiger partial charge on any atom is 0.234 e. The Morgan fingerprint density at radius 3 is 2.63 bits per heavy atom. The molecule has 0 radical (unpaired) electrons. The summed E-state index contributed by atoms with van der Waals surface area (Å²) in [7, 11) is 1.66. The normalized spacial score (nSPS) is 15.9. The van der Waals surface area contributed by atoms with Gasteiger partial charge >= 0.3 is 0 Å². The number of ether oxygens (including phenoxy) is 1. The van der Waals surface area contributed by atoms with Crippen LogP contribution in [0.5, 0.6) is 5.75 Å². The van der Waals surface area contributed by atoms with Gasteiger partial charge in [0.2, 0.25) is 5.91 Å². The van der Waals surface area contributed by atoms with E-state index in [2.05, 4.69) is 29.7 Å². The monoisotopic (exact) mass is 262 g/mol. The molecule has 19 heavy (non-hydrogen) atoms. The van der Waals surface area contributed by atoms with Crippen LogP contribution in [-0.2, 0) is 11.2 Å². The van der Waals surface area contributed by atoms with E-state index >= 15 is 0 Å². The average Bonchev–Trinajstić information content (AvgIpc) is 3.21. The Balaban J connectivity index is 1.70. The third kappa shape index (κ3) is 4.91. The van der Waals surface area contributed by atoms with Crippen molar-refractivity contribution in [2.45, 2.75) is 38.3 Å². The molecule has 1 aliphatic rings. The van der Waals surface area contributed by atoms with Gasteiger partial charge in [-0.05, 0) is 43.9 Å². The zero-order valence-corrected chi connectivity index (χ0v) is 11.6. The second-order valence-electron chi connectivity index (χ2n) is 5.18. The van der Waals surface area contributed by atoms with Crippen LogP contribution in [0.25, 0.3) is 0 Å². The number of hydrogen-bond acceptors (Lipinski definition) is 3. The fourth-order valence-corrected chi connectivity index (χ4v) is 1.96. The minimum atomic E-state index is 0.101. The molecule has 0 bridgehead atoms. The molecule has 0 saturated heterocycles. The summed E-state index contributed by atoms with van der Waals surface area (Å²) >= 11 is 0. The van der Waals surface area contributed by atoms with Crippen molar-refractivity contribution in [3.05, 3.63) is 29.8 Å². The van der Waals surface area contributed by atoms with E-state index in [9.17, 15) is 4.79 Å². The maximum atomic E-state index is 11.5. The number of hydrogen-bond donors (Lipinski definition) is 2. The molecule has 2 N–H and O–H groups in total. The van der Waals surface area contributed by atoms with Gasteiger partial charge in [0.25, 0.3) is 0 Å². The lowest BCUT2D eigenvalue weighted by Crippen LogP contribution is -2.39. The number of nitrogens with one attached hydrogen (secondary N) is 2. The highest BCUT2D eigenvalue weighted by molar-refractivity contribution is 5.78. The molecule has 1 fully saturated rings. The molecule has 0 aromatic heterocycles. The highest BCUT2D eigenvalue weighted by atomic mass is 16.5. The van der Waals surface area contributed by atoms with Gasteiger partial charge in [-0.2, -0.15) is 0 Å². The Kier molecular flexibility index (Phi) is 4.80. The molecule has 1 aliphatic carbocycles. The summed E-state index contributed by atoms with van der Waals surface area (Å²) in [5.41, 5.74) is 1.24. The SMILES string of the molecule is COc1ccc(CC(C)NCC(=O)NC2CC2)cc1. The third-order valence-corrected chi connectivity index (χ3v) is 3.25. The molecule has 1 aromatic carbocycles. The minimum Gasteiger partial charge on any atom is -0.497 e. The topological polar surface area (TPSA) is 50.4 Å². The molecule has 1 atom stereocenters. The first-order chi connectivity index (χ1) is 9.17. The van der Waals surface area contributed by atoms with E-state index in [1.54, 1.807) is 7.11 Å². The second kappa shape index (κ2) is 6.57. The summed E-state index contributed by atoms with van der Waals surface area (Å²) in [6.07, 6.45) is 3.17. The molecule has 1 amide bonds. The van der Waals surface area contributed by atoms with Crippen molar-refractivity contribution in [3.63, 3.8) is 0 Å². The Morgan fingerprint density at radius 1 is 1.37 bits per heavy atom. The summed E-state index contributed by atoms with van der Waals surface area (Å²) in [4.78, 5) is 11.5. The molecular weight excluding hydrogens is 240 g/mol. The number of carbonyl (C=O) groups is 1. The predicted molar refractivity (Wildman–Crippen MR) is 75.3 cm³/mol. The fourth-order valence-electron chi connectivity index (χ4n) is 1.96. The molecular formula is C15H22N2O2. The van der Waals surface area contributed by atoms with Crippen LogP contribution < -0.4 is 15.4 Å². The van der Waals surface area contributed by atoms with Gasteiger partial charge < -0.3 is 15.4 Å². The minimum absolute atomic E-state index is 0.101. The van der Waals surface area contributed by atoms with Crippen LogP contribution in [-0.4, -0.2) is 31.6 Å². The van der Waals surface area contributed by atoms with Crippen molar-refractivity contribution in [2.24, 2.45) is 0 Å². The van der Waals surface area contributed by atoms with Crippen molar-refractivity contribution in [1.82, 2.24) is 10.6 Å². The van der Waals surface area contributed by atoms with Crippen LogP contribution in [0.3, 0.4) is 0 Å². The van der Waals surface area contributed by atoms with E-state index in [0.717, 1.165) is 25.0 Å². The number of benzene rings is 1. The lowest BCUT2D eigenvalue weighted by atomic mass is 10.1. The van der Waals surface area contributed by atoms with Gasteiger partial charge in [-0.1, -0.05) is 12.1 Å². The van der Waals surface area contributed by atoms with Crippen molar-refractivity contribution >= 4 is 5.91 Å². The van der Waals surface area contributed by atoms with E-state index < -0.39 is 0 Å². The van der Waals surface area contributed by atoms with Gasteiger partial charge in [0.15, 0.2) is 0 Å². The van der Waals surface area contributed by atoms with Gasteiger partial charge in [-0.25, -0.2) is 0 Å². The van der Waals surface area contributed by atoms with E-state index in [0.29, 0.717) is 12.6 Å². The smallest absolute Gasteiger partial charge is 0.234 e. The van der Waals surface area contributed by atoms with Gasteiger partial charge in [0, 0.05) is 12.1 Å². The van der Waals surface area contributed by atoms with Crippen molar-refractivity contribution < 1.29 is 9.53 Å².